The van der Waals surface area contributed by atoms with Crippen LogP contribution in [-0.2, 0) is 0 Å². The minimum atomic E-state index is -0.414. The average molecular weight is 231 g/mol. The van der Waals surface area contributed by atoms with E-state index in [2.05, 4.69) is 0 Å². The molecule has 0 saturated carbocycles. The van der Waals surface area contributed by atoms with Gasteiger partial charge in [0, 0.05) is 12.0 Å². The molecule has 0 aliphatic rings. The summed E-state index contributed by atoms with van der Waals surface area (Å²) in [5.74, 6) is 0.433. The summed E-state index contributed by atoms with van der Waals surface area (Å²) in [4.78, 5) is 0. The van der Waals surface area contributed by atoms with Crippen molar-refractivity contribution in [2.24, 2.45) is 5.73 Å². The van der Waals surface area contributed by atoms with E-state index in [9.17, 15) is 4.39 Å². The van der Waals surface area contributed by atoms with Gasteiger partial charge >= 0.3 is 0 Å². The molecule has 1 aromatic rings. The maximum absolute atomic E-state index is 11.8. The molecule has 82 valence electrons. The van der Waals surface area contributed by atoms with Gasteiger partial charge in [0.1, 0.15) is 11.6 Å². The standard InChI is InChI=1S/C10H12ClFN2O/c11-8-6-7(10(13)14)2-3-9(8)15-5-1-4-12/h2-3,6H,1,4-5H2,(H3,13,14). The highest BCUT2D eigenvalue weighted by Gasteiger charge is 2.04. The molecule has 5 heteroatoms. The van der Waals surface area contributed by atoms with Crippen LogP contribution in [0.2, 0.25) is 5.02 Å². The van der Waals surface area contributed by atoms with Crippen LogP contribution in [0.5, 0.6) is 5.75 Å². The molecule has 0 spiro atoms. The summed E-state index contributed by atoms with van der Waals surface area (Å²) >= 11 is 5.88. The van der Waals surface area contributed by atoms with Crippen LogP contribution in [0.4, 0.5) is 4.39 Å². The van der Waals surface area contributed by atoms with Crippen molar-refractivity contribution in [1.82, 2.24) is 0 Å². The van der Waals surface area contributed by atoms with E-state index in [1.807, 2.05) is 0 Å². The second-order valence-corrected chi connectivity index (χ2v) is 3.36. The number of nitrogen functional groups attached to an aromatic ring is 1. The Balaban J connectivity index is 2.70. The van der Waals surface area contributed by atoms with Crippen LogP contribution in [0.1, 0.15) is 12.0 Å². The Morgan fingerprint density at radius 2 is 2.27 bits per heavy atom. The van der Waals surface area contributed by atoms with Gasteiger partial charge in [-0.2, -0.15) is 0 Å². The zero-order valence-corrected chi connectivity index (χ0v) is 8.85. The summed E-state index contributed by atoms with van der Waals surface area (Å²) in [7, 11) is 0. The molecule has 0 fully saturated rings. The molecular weight excluding hydrogens is 219 g/mol. The highest BCUT2D eigenvalue weighted by atomic mass is 35.5. The van der Waals surface area contributed by atoms with Crippen molar-refractivity contribution < 1.29 is 9.13 Å². The van der Waals surface area contributed by atoms with Crippen molar-refractivity contribution in [3.05, 3.63) is 28.8 Å². The third-order valence-corrected chi connectivity index (χ3v) is 2.07. The number of alkyl halides is 1. The van der Waals surface area contributed by atoms with E-state index in [4.69, 9.17) is 27.5 Å². The second kappa shape index (κ2) is 5.56. The number of amidine groups is 1. The Kier molecular flexibility index (Phi) is 4.37. The van der Waals surface area contributed by atoms with Gasteiger partial charge in [0.25, 0.3) is 0 Å². The zero-order chi connectivity index (χ0) is 11.3. The number of rotatable bonds is 5. The molecule has 0 aromatic heterocycles. The van der Waals surface area contributed by atoms with Gasteiger partial charge in [-0.1, -0.05) is 11.6 Å². The lowest BCUT2D eigenvalue weighted by Gasteiger charge is -2.07. The monoisotopic (exact) mass is 230 g/mol. The molecule has 0 aliphatic carbocycles. The average Bonchev–Trinajstić information content (AvgIpc) is 2.20. The Labute approximate surface area is 92.5 Å². The van der Waals surface area contributed by atoms with Crippen molar-refractivity contribution >= 4 is 17.4 Å². The van der Waals surface area contributed by atoms with E-state index < -0.39 is 6.67 Å². The lowest BCUT2D eigenvalue weighted by Crippen LogP contribution is -2.10. The predicted octanol–water partition coefficient (Wildman–Crippen LogP) is 2.36. The van der Waals surface area contributed by atoms with Gasteiger partial charge in [-0.3, -0.25) is 9.80 Å². The summed E-state index contributed by atoms with van der Waals surface area (Å²) < 4.78 is 17.0. The fourth-order valence-corrected chi connectivity index (χ4v) is 1.26. The smallest absolute Gasteiger partial charge is 0.137 e. The summed E-state index contributed by atoms with van der Waals surface area (Å²) in [6.07, 6.45) is 0.338. The SMILES string of the molecule is N=C(N)c1ccc(OCCCF)c(Cl)c1. The lowest BCUT2D eigenvalue weighted by molar-refractivity contribution is 0.290. The van der Waals surface area contributed by atoms with Crippen LogP contribution in [-0.4, -0.2) is 19.1 Å². The minimum Gasteiger partial charge on any atom is -0.492 e. The fraction of sp³-hybridized carbons (Fsp3) is 0.300. The Bertz CT molecular complexity index is 357. The third-order valence-electron chi connectivity index (χ3n) is 1.78. The quantitative estimate of drug-likeness (QED) is 0.464. The maximum Gasteiger partial charge on any atom is 0.137 e. The van der Waals surface area contributed by atoms with E-state index in [-0.39, 0.29) is 12.4 Å². The summed E-state index contributed by atoms with van der Waals surface area (Å²) in [6.45, 7) is -0.126. The van der Waals surface area contributed by atoms with E-state index in [0.717, 1.165) is 0 Å². The van der Waals surface area contributed by atoms with Gasteiger partial charge in [0.15, 0.2) is 0 Å². The minimum absolute atomic E-state index is 0.0489. The third kappa shape index (κ3) is 3.40. The first-order valence-corrected chi connectivity index (χ1v) is 4.85. The molecule has 0 atom stereocenters. The summed E-state index contributed by atoms with van der Waals surface area (Å²) in [5, 5.41) is 7.58. The first-order valence-electron chi connectivity index (χ1n) is 4.48. The van der Waals surface area contributed by atoms with Gasteiger partial charge in [0.2, 0.25) is 0 Å². The fourth-order valence-electron chi connectivity index (χ4n) is 1.02. The number of hydrogen-bond donors (Lipinski definition) is 2. The first kappa shape index (κ1) is 11.8. The van der Waals surface area contributed by atoms with Crippen LogP contribution in [0.3, 0.4) is 0 Å². The summed E-state index contributed by atoms with van der Waals surface area (Å²) in [6, 6.07) is 4.81. The van der Waals surface area contributed by atoms with E-state index in [1.165, 1.54) is 0 Å². The zero-order valence-electron chi connectivity index (χ0n) is 8.09. The number of benzene rings is 1. The molecule has 0 saturated heterocycles. The summed E-state index contributed by atoms with van der Waals surface area (Å²) in [5.41, 5.74) is 5.83. The van der Waals surface area contributed by atoms with Gasteiger partial charge in [-0.15, -0.1) is 0 Å². The molecule has 1 aromatic carbocycles. The highest BCUT2D eigenvalue weighted by molar-refractivity contribution is 6.32. The van der Waals surface area contributed by atoms with Gasteiger partial charge < -0.3 is 10.5 Å². The number of hydrogen-bond acceptors (Lipinski definition) is 2. The lowest BCUT2D eigenvalue weighted by atomic mass is 10.2. The number of halogens is 2. The molecule has 1 rings (SSSR count). The first-order chi connectivity index (χ1) is 7.15. The van der Waals surface area contributed by atoms with Crippen LogP contribution in [0, 0.1) is 5.41 Å². The van der Waals surface area contributed by atoms with E-state index >= 15 is 0 Å². The van der Waals surface area contributed by atoms with Crippen LogP contribution >= 0.6 is 11.6 Å². The van der Waals surface area contributed by atoms with E-state index in [1.54, 1.807) is 18.2 Å². The van der Waals surface area contributed by atoms with Crippen LogP contribution in [0.15, 0.2) is 18.2 Å². The highest BCUT2D eigenvalue weighted by Crippen LogP contribution is 2.25. The number of nitrogens with two attached hydrogens (primary N) is 1. The number of ether oxygens (including phenoxy) is 1. The maximum atomic E-state index is 11.8. The second-order valence-electron chi connectivity index (χ2n) is 2.95. The molecular formula is C10H12ClFN2O. The van der Waals surface area contributed by atoms with E-state index in [0.29, 0.717) is 22.8 Å². The Morgan fingerprint density at radius 3 is 2.80 bits per heavy atom. The molecule has 3 N–H and O–H groups in total. The molecule has 0 radical (unpaired) electrons. The van der Waals surface area contributed by atoms with Gasteiger partial charge in [-0.25, -0.2) is 0 Å². The molecule has 15 heavy (non-hydrogen) atoms. The van der Waals surface area contributed by atoms with Crippen molar-refractivity contribution in [2.45, 2.75) is 6.42 Å². The van der Waals surface area contributed by atoms with Crippen molar-refractivity contribution in [3.63, 3.8) is 0 Å². The van der Waals surface area contributed by atoms with Gasteiger partial charge in [-0.05, 0) is 18.2 Å². The van der Waals surface area contributed by atoms with Crippen molar-refractivity contribution in [2.75, 3.05) is 13.3 Å². The number of nitrogens with one attached hydrogen (secondary N) is 1. The molecule has 0 amide bonds. The molecule has 0 unspecified atom stereocenters. The largest absolute Gasteiger partial charge is 0.492 e. The van der Waals surface area contributed by atoms with Crippen LogP contribution in [0.25, 0.3) is 0 Å². The normalized spacial score (nSPS) is 10.0. The van der Waals surface area contributed by atoms with Gasteiger partial charge in [0.05, 0.1) is 18.3 Å². The molecule has 0 heterocycles. The predicted molar refractivity (Wildman–Crippen MR) is 58.6 cm³/mol. The topological polar surface area (TPSA) is 59.1 Å². The van der Waals surface area contributed by atoms with Crippen molar-refractivity contribution in [3.8, 4) is 5.75 Å². The van der Waals surface area contributed by atoms with Crippen LogP contribution < -0.4 is 10.5 Å². The Hall–Kier alpha value is -1.29. The van der Waals surface area contributed by atoms with Crippen molar-refractivity contribution in [1.29, 1.82) is 5.41 Å². The Morgan fingerprint density at radius 1 is 1.53 bits per heavy atom. The molecule has 3 nitrogen and oxygen atoms in total. The molecule has 0 aliphatic heterocycles. The molecule has 0 bridgehead atoms.